The first-order valence-corrected chi connectivity index (χ1v) is 9.54. The fraction of sp³-hybridized carbons (Fsp3) is 0.267. The molecular formula is C15H17N6O3S2-. The Kier molecular flexibility index (Phi) is 5.20. The smallest absolute Gasteiger partial charge is 0.216 e. The summed E-state index contributed by atoms with van der Waals surface area (Å²) in [5.41, 5.74) is 8.71. The molecule has 0 saturated heterocycles. The standard InChI is InChI=1S/C15H18N6O3S2/c1-8-13(14(16)20-19-8)15-18-11-4-3-10(7-12(11)25-15)21(26(23)24)6-5-17-9(2)22/h3-4,7H,5-6H2,1-2H3,(H,17,22)(H,23,24)(H3,16,19,20)/p-1. The van der Waals surface area contributed by atoms with Gasteiger partial charge in [-0.2, -0.15) is 5.10 Å². The van der Waals surface area contributed by atoms with Gasteiger partial charge in [0.05, 0.1) is 15.8 Å². The van der Waals surface area contributed by atoms with E-state index in [1.807, 2.05) is 6.92 Å². The molecule has 0 saturated carbocycles. The third-order valence-electron chi connectivity index (χ3n) is 3.72. The monoisotopic (exact) mass is 393 g/mol. The van der Waals surface area contributed by atoms with Gasteiger partial charge in [-0.05, 0) is 25.1 Å². The molecule has 0 radical (unpaired) electrons. The summed E-state index contributed by atoms with van der Waals surface area (Å²) < 4.78 is 25.1. The topological polar surface area (TPSA) is 140 Å². The number of H-pyrrole nitrogens is 1. The van der Waals surface area contributed by atoms with E-state index in [9.17, 15) is 13.6 Å². The Bertz CT molecular complexity index is 964. The van der Waals surface area contributed by atoms with Gasteiger partial charge in [0, 0.05) is 42.7 Å². The van der Waals surface area contributed by atoms with Crippen LogP contribution >= 0.6 is 11.3 Å². The molecule has 11 heteroatoms. The van der Waals surface area contributed by atoms with Gasteiger partial charge in [-0.15, -0.1) is 11.3 Å². The maximum Gasteiger partial charge on any atom is 0.216 e. The van der Waals surface area contributed by atoms with Crippen molar-refractivity contribution >= 4 is 50.2 Å². The minimum atomic E-state index is -2.46. The van der Waals surface area contributed by atoms with Crippen LogP contribution in [0.4, 0.5) is 11.5 Å². The van der Waals surface area contributed by atoms with Crippen molar-refractivity contribution < 1.29 is 13.6 Å². The van der Waals surface area contributed by atoms with E-state index in [0.29, 0.717) is 16.5 Å². The van der Waals surface area contributed by atoms with Crippen LogP contribution < -0.4 is 15.4 Å². The molecule has 26 heavy (non-hydrogen) atoms. The number of benzene rings is 1. The zero-order valence-electron chi connectivity index (χ0n) is 14.1. The molecule has 1 aromatic carbocycles. The quantitative estimate of drug-likeness (QED) is 0.539. The van der Waals surface area contributed by atoms with Crippen LogP contribution in [-0.2, 0) is 16.1 Å². The number of carbonyl (C=O) groups is 1. The SMILES string of the molecule is CC(=O)NCCN(c1ccc2nc(-c3c(N)n[nH]c3C)sc2c1)S(=O)[O-]. The highest BCUT2D eigenvalue weighted by molar-refractivity contribution is 7.80. The van der Waals surface area contributed by atoms with E-state index in [0.717, 1.165) is 21.5 Å². The summed E-state index contributed by atoms with van der Waals surface area (Å²) in [7, 11) is 0. The number of aryl methyl sites for hydroxylation is 1. The van der Waals surface area contributed by atoms with Gasteiger partial charge in [0.25, 0.3) is 0 Å². The summed E-state index contributed by atoms with van der Waals surface area (Å²) in [5, 5.41) is 10.1. The van der Waals surface area contributed by atoms with Crippen LogP contribution in [0.5, 0.6) is 0 Å². The van der Waals surface area contributed by atoms with E-state index in [1.54, 1.807) is 18.2 Å². The van der Waals surface area contributed by atoms with Crippen LogP contribution in [-0.4, -0.2) is 42.9 Å². The molecule has 1 amide bonds. The number of hydrogen-bond donors (Lipinski definition) is 3. The summed E-state index contributed by atoms with van der Waals surface area (Å²) >= 11 is -1.05. The lowest BCUT2D eigenvalue weighted by Crippen LogP contribution is -2.35. The van der Waals surface area contributed by atoms with E-state index < -0.39 is 11.3 Å². The highest BCUT2D eigenvalue weighted by Crippen LogP contribution is 2.36. The number of nitrogen functional groups attached to an aromatic ring is 1. The van der Waals surface area contributed by atoms with Crippen LogP contribution in [0.15, 0.2) is 18.2 Å². The van der Waals surface area contributed by atoms with Crippen LogP contribution in [0.1, 0.15) is 12.6 Å². The number of nitrogens with one attached hydrogen (secondary N) is 2. The molecule has 0 aliphatic heterocycles. The number of carbonyl (C=O) groups excluding carboxylic acids is 1. The number of amides is 1. The average molecular weight is 393 g/mol. The van der Waals surface area contributed by atoms with Gasteiger partial charge in [0.15, 0.2) is 5.82 Å². The summed E-state index contributed by atoms with van der Waals surface area (Å²) in [6, 6.07) is 5.20. The van der Waals surface area contributed by atoms with Gasteiger partial charge in [-0.1, -0.05) is 0 Å². The second-order valence-electron chi connectivity index (χ2n) is 5.58. The number of thiazole rings is 1. The molecule has 0 aliphatic rings. The third kappa shape index (κ3) is 3.69. The summed E-state index contributed by atoms with van der Waals surface area (Å²) in [5.74, 6) is 0.164. The molecule has 2 heterocycles. The minimum Gasteiger partial charge on any atom is -0.755 e. The summed E-state index contributed by atoms with van der Waals surface area (Å²) in [4.78, 5) is 15.5. The number of aromatic amines is 1. The van der Waals surface area contributed by atoms with E-state index in [2.05, 4.69) is 20.5 Å². The third-order valence-corrected chi connectivity index (χ3v) is 5.51. The predicted molar refractivity (Wildman–Crippen MR) is 101 cm³/mol. The fourth-order valence-electron chi connectivity index (χ4n) is 2.52. The van der Waals surface area contributed by atoms with Crippen LogP contribution in [0, 0.1) is 6.92 Å². The molecule has 0 spiro atoms. The molecule has 9 nitrogen and oxygen atoms in total. The van der Waals surface area contributed by atoms with E-state index in [1.165, 1.54) is 22.6 Å². The number of anilines is 2. The average Bonchev–Trinajstić information content (AvgIpc) is 3.12. The molecule has 3 rings (SSSR count). The molecule has 3 aromatic rings. The molecule has 4 N–H and O–H groups in total. The highest BCUT2D eigenvalue weighted by Gasteiger charge is 2.16. The van der Waals surface area contributed by atoms with Crippen LogP contribution in [0.3, 0.4) is 0 Å². The largest absolute Gasteiger partial charge is 0.755 e. The van der Waals surface area contributed by atoms with Crippen molar-refractivity contribution in [3.63, 3.8) is 0 Å². The zero-order chi connectivity index (χ0) is 18.8. The molecule has 0 aliphatic carbocycles. The number of fused-ring (bicyclic) bond motifs is 1. The van der Waals surface area contributed by atoms with Gasteiger partial charge in [-0.25, -0.2) is 4.98 Å². The lowest BCUT2D eigenvalue weighted by atomic mass is 10.2. The van der Waals surface area contributed by atoms with Crippen molar-refractivity contribution in [3.8, 4) is 10.6 Å². The Morgan fingerprint density at radius 1 is 1.50 bits per heavy atom. The Morgan fingerprint density at radius 3 is 2.88 bits per heavy atom. The molecular weight excluding hydrogens is 376 g/mol. The van der Waals surface area contributed by atoms with E-state index in [-0.39, 0.29) is 19.0 Å². The first kappa shape index (κ1) is 18.3. The Labute approximate surface area is 156 Å². The lowest BCUT2D eigenvalue weighted by molar-refractivity contribution is -0.118. The molecule has 0 bridgehead atoms. The van der Waals surface area contributed by atoms with Gasteiger partial charge in [0.1, 0.15) is 5.01 Å². The van der Waals surface area contributed by atoms with Crippen LogP contribution in [0.25, 0.3) is 20.8 Å². The second-order valence-corrected chi connectivity index (χ2v) is 7.49. The van der Waals surface area contributed by atoms with Crippen molar-refractivity contribution in [1.29, 1.82) is 0 Å². The first-order chi connectivity index (χ1) is 12.4. The highest BCUT2D eigenvalue weighted by atomic mass is 32.2. The van der Waals surface area contributed by atoms with Crippen molar-refractivity contribution in [3.05, 3.63) is 23.9 Å². The molecule has 0 fully saturated rings. The maximum atomic E-state index is 11.6. The van der Waals surface area contributed by atoms with Crippen molar-refractivity contribution in [1.82, 2.24) is 20.5 Å². The Hall–Kier alpha value is -2.50. The zero-order valence-corrected chi connectivity index (χ0v) is 15.7. The lowest BCUT2D eigenvalue weighted by Gasteiger charge is -2.26. The molecule has 1 atom stereocenters. The fourth-order valence-corrected chi connectivity index (χ4v) is 4.15. The number of nitrogens with two attached hydrogens (primary N) is 1. The van der Waals surface area contributed by atoms with Crippen molar-refractivity contribution in [2.45, 2.75) is 13.8 Å². The van der Waals surface area contributed by atoms with E-state index in [4.69, 9.17) is 5.73 Å². The Morgan fingerprint density at radius 2 is 2.27 bits per heavy atom. The Balaban J connectivity index is 1.92. The molecule has 2 aromatic heterocycles. The van der Waals surface area contributed by atoms with Gasteiger partial charge >= 0.3 is 0 Å². The number of aromatic nitrogens is 3. The predicted octanol–water partition coefficient (Wildman–Crippen LogP) is 1.31. The van der Waals surface area contributed by atoms with Crippen molar-refractivity contribution in [2.24, 2.45) is 0 Å². The van der Waals surface area contributed by atoms with Gasteiger partial charge in [-0.3, -0.25) is 14.1 Å². The number of rotatable bonds is 6. The molecule has 1 unspecified atom stereocenters. The summed E-state index contributed by atoms with van der Waals surface area (Å²) in [6.45, 7) is 3.61. The summed E-state index contributed by atoms with van der Waals surface area (Å²) in [6.07, 6.45) is 0. The second kappa shape index (κ2) is 7.40. The van der Waals surface area contributed by atoms with Crippen LogP contribution in [0.2, 0.25) is 0 Å². The number of hydrogen-bond acceptors (Lipinski definition) is 7. The first-order valence-electron chi connectivity index (χ1n) is 7.69. The normalized spacial score (nSPS) is 12.3. The minimum absolute atomic E-state index is 0.140. The van der Waals surface area contributed by atoms with Gasteiger partial charge in [0.2, 0.25) is 5.91 Å². The van der Waals surface area contributed by atoms with Gasteiger partial charge < -0.3 is 19.9 Å². The maximum absolute atomic E-state index is 11.6. The number of nitrogens with zero attached hydrogens (tertiary/aromatic N) is 3. The van der Waals surface area contributed by atoms with Crippen molar-refractivity contribution in [2.75, 3.05) is 23.1 Å². The van der Waals surface area contributed by atoms with E-state index >= 15 is 0 Å². The molecule has 138 valence electrons.